The predicted octanol–water partition coefficient (Wildman–Crippen LogP) is 1.41. The van der Waals surface area contributed by atoms with Gasteiger partial charge in [0.15, 0.2) is 11.3 Å². The van der Waals surface area contributed by atoms with E-state index in [1.165, 1.54) is 0 Å². The Hall–Kier alpha value is -2.41. The van der Waals surface area contributed by atoms with E-state index in [4.69, 9.17) is 9.47 Å². The number of rotatable bonds is 8. The second-order valence-electron chi connectivity index (χ2n) is 5.74. The number of carboxylic acids is 1. The molecule has 1 aromatic carbocycles. The molecule has 0 aliphatic carbocycles. The molecule has 1 saturated heterocycles. The number of amides is 1. The molecule has 130 valence electrons. The third kappa shape index (κ3) is 4.32. The molecule has 24 heavy (non-hydrogen) atoms. The number of hydrogen-bond acceptors (Lipinski definition) is 5. The standard InChI is InChI=1S/C17H21NO6/c1-23-13-7-5-12(6-8-13)14(19)3-2-4-15(20)18-17(16(21)22)9-10-24-11-17/h5-8H,2-4,9-11H2,1H3,(H,18,20)(H,21,22). The summed E-state index contributed by atoms with van der Waals surface area (Å²) in [4.78, 5) is 35.3. The molecule has 1 fully saturated rings. The van der Waals surface area contributed by atoms with Gasteiger partial charge in [-0.3, -0.25) is 9.59 Å². The zero-order valence-corrected chi connectivity index (χ0v) is 13.5. The van der Waals surface area contributed by atoms with Crippen LogP contribution in [0.3, 0.4) is 0 Å². The van der Waals surface area contributed by atoms with Crippen molar-refractivity contribution in [1.29, 1.82) is 0 Å². The number of carboxylic acid groups (broad SMARTS) is 1. The summed E-state index contributed by atoms with van der Waals surface area (Å²) in [5.74, 6) is -0.876. The molecule has 0 spiro atoms. The summed E-state index contributed by atoms with van der Waals surface area (Å²) in [6, 6.07) is 6.76. The van der Waals surface area contributed by atoms with Crippen molar-refractivity contribution in [2.45, 2.75) is 31.2 Å². The number of carbonyl (C=O) groups is 3. The number of methoxy groups -OCH3 is 1. The van der Waals surface area contributed by atoms with Gasteiger partial charge < -0.3 is 19.9 Å². The highest BCUT2D eigenvalue weighted by molar-refractivity contribution is 5.96. The maximum Gasteiger partial charge on any atom is 0.331 e. The van der Waals surface area contributed by atoms with Gasteiger partial charge in [0.25, 0.3) is 0 Å². The van der Waals surface area contributed by atoms with Crippen molar-refractivity contribution in [3.05, 3.63) is 29.8 Å². The van der Waals surface area contributed by atoms with Gasteiger partial charge in [-0.1, -0.05) is 0 Å². The molecule has 7 heteroatoms. The Balaban J connectivity index is 1.79. The molecule has 0 radical (unpaired) electrons. The summed E-state index contributed by atoms with van der Waals surface area (Å²) < 4.78 is 10.1. The van der Waals surface area contributed by atoms with Gasteiger partial charge in [0.05, 0.1) is 13.7 Å². The fourth-order valence-electron chi connectivity index (χ4n) is 2.55. The molecule has 1 unspecified atom stereocenters. The lowest BCUT2D eigenvalue weighted by molar-refractivity contribution is -0.147. The van der Waals surface area contributed by atoms with Crippen molar-refractivity contribution in [2.24, 2.45) is 0 Å². The van der Waals surface area contributed by atoms with Crippen LogP contribution >= 0.6 is 0 Å². The van der Waals surface area contributed by atoms with Crippen LogP contribution in [0.5, 0.6) is 5.75 Å². The fourth-order valence-corrected chi connectivity index (χ4v) is 2.55. The molecule has 1 aromatic rings. The van der Waals surface area contributed by atoms with Gasteiger partial charge in [0.1, 0.15) is 5.75 Å². The second-order valence-corrected chi connectivity index (χ2v) is 5.74. The van der Waals surface area contributed by atoms with Crippen LogP contribution in [0.15, 0.2) is 24.3 Å². The lowest BCUT2D eigenvalue weighted by atomic mass is 9.98. The van der Waals surface area contributed by atoms with E-state index in [2.05, 4.69) is 5.32 Å². The second kappa shape index (κ2) is 7.92. The van der Waals surface area contributed by atoms with E-state index in [9.17, 15) is 19.5 Å². The Morgan fingerprint density at radius 1 is 1.25 bits per heavy atom. The number of ether oxygens (including phenoxy) is 2. The quantitative estimate of drug-likeness (QED) is 0.697. The number of ketones is 1. The zero-order chi connectivity index (χ0) is 17.6. The third-order valence-electron chi connectivity index (χ3n) is 4.03. The molecule has 1 amide bonds. The first-order valence-corrected chi connectivity index (χ1v) is 7.76. The van der Waals surface area contributed by atoms with Crippen molar-refractivity contribution < 1.29 is 29.0 Å². The van der Waals surface area contributed by atoms with E-state index >= 15 is 0 Å². The monoisotopic (exact) mass is 335 g/mol. The Morgan fingerprint density at radius 2 is 1.96 bits per heavy atom. The number of Topliss-reactive ketones (excluding diaryl/α,β-unsaturated/α-hetero) is 1. The van der Waals surface area contributed by atoms with Gasteiger partial charge in [-0.05, 0) is 30.7 Å². The maximum atomic E-state index is 12.1. The van der Waals surface area contributed by atoms with Crippen LogP contribution in [0, 0.1) is 0 Å². The molecule has 0 bridgehead atoms. The molecule has 2 N–H and O–H groups in total. The number of carbonyl (C=O) groups excluding carboxylic acids is 2. The molecule has 0 saturated carbocycles. The molecule has 1 heterocycles. The highest BCUT2D eigenvalue weighted by atomic mass is 16.5. The van der Waals surface area contributed by atoms with Crippen molar-refractivity contribution in [1.82, 2.24) is 5.32 Å². The average Bonchev–Trinajstić information content (AvgIpc) is 3.04. The summed E-state index contributed by atoms with van der Waals surface area (Å²) in [7, 11) is 1.55. The van der Waals surface area contributed by atoms with Crippen LogP contribution in [0.4, 0.5) is 0 Å². The topological polar surface area (TPSA) is 102 Å². The fraction of sp³-hybridized carbons (Fsp3) is 0.471. The van der Waals surface area contributed by atoms with Crippen LogP contribution in [0.1, 0.15) is 36.0 Å². The Kier molecular flexibility index (Phi) is 5.92. The van der Waals surface area contributed by atoms with Gasteiger partial charge >= 0.3 is 5.97 Å². The molecule has 1 atom stereocenters. The highest BCUT2D eigenvalue weighted by Crippen LogP contribution is 2.19. The first kappa shape index (κ1) is 17.9. The zero-order valence-electron chi connectivity index (χ0n) is 13.5. The highest BCUT2D eigenvalue weighted by Gasteiger charge is 2.43. The molecular weight excluding hydrogens is 314 g/mol. The van der Waals surface area contributed by atoms with Gasteiger partial charge in [-0.2, -0.15) is 0 Å². The van der Waals surface area contributed by atoms with Crippen LogP contribution in [-0.4, -0.2) is 48.6 Å². The van der Waals surface area contributed by atoms with E-state index in [0.29, 0.717) is 24.3 Å². The summed E-state index contributed by atoms with van der Waals surface area (Å²) in [6.07, 6.45) is 0.916. The van der Waals surface area contributed by atoms with Gasteiger partial charge in [0, 0.05) is 31.4 Å². The molecule has 1 aliphatic rings. The van der Waals surface area contributed by atoms with E-state index in [1.807, 2.05) is 0 Å². The summed E-state index contributed by atoms with van der Waals surface area (Å²) in [5.41, 5.74) is -0.778. The SMILES string of the molecule is COc1ccc(C(=O)CCCC(=O)NC2(C(=O)O)CCOC2)cc1. The van der Waals surface area contributed by atoms with Crippen LogP contribution in [-0.2, 0) is 14.3 Å². The first-order valence-electron chi connectivity index (χ1n) is 7.76. The summed E-state index contributed by atoms with van der Waals surface area (Å²) in [5, 5.41) is 11.8. The van der Waals surface area contributed by atoms with Crippen LogP contribution in [0.2, 0.25) is 0 Å². The summed E-state index contributed by atoms with van der Waals surface area (Å²) in [6.45, 7) is 0.279. The number of aliphatic carboxylic acids is 1. The van der Waals surface area contributed by atoms with E-state index in [0.717, 1.165) is 0 Å². The molecule has 0 aromatic heterocycles. The molecular formula is C17H21NO6. The van der Waals surface area contributed by atoms with Gasteiger partial charge in [0.2, 0.25) is 5.91 Å². The average molecular weight is 335 g/mol. The Bertz CT molecular complexity index is 604. The van der Waals surface area contributed by atoms with Crippen LogP contribution < -0.4 is 10.1 Å². The minimum absolute atomic E-state index is 0.0289. The lowest BCUT2D eigenvalue weighted by Gasteiger charge is -2.23. The van der Waals surface area contributed by atoms with Crippen molar-refractivity contribution in [3.63, 3.8) is 0 Å². The molecule has 7 nitrogen and oxygen atoms in total. The number of hydrogen-bond donors (Lipinski definition) is 2. The lowest BCUT2D eigenvalue weighted by Crippen LogP contribution is -2.55. The third-order valence-corrected chi connectivity index (χ3v) is 4.03. The number of nitrogens with one attached hydrogen (secondary N) is 1. The minimum atomic E-state index is -1.34. The van der Waals surface area contributed by atoms with E-state index in [-0.39, 0.29) is 37.6 Å². The smallest absolute Gasteiger partial charge is 0.331 e. The van der Waals surface area contributed by atoms with Crippen molar-refractivity contribution >= 4 is 17.7 Å². The van der Waals surface area contributed by atoms with Gasteiger partial charge in [-0.25, -0.2) is 4.79 Å². The van der Waals surface area contributed by atoms with Crippen LogP contribution in [0.25, 0.3) is 0 Å². The first-order chi connectivity index (χ1) is 11.5. The van der Waals surface area contributed by atoms with E-state index < -0.39 is 11.5 Å². The Morgan fingerprint density at radius 3 is 2.50 bits per heavy atom. The molecule has 2 rings (SSSR count). The minimum Gasteiger partial charge on any atom is -0.497 e. The summed E-state index contributed by atoms with van der Waals surface area (Å²) >= 11 is 0. The van der Waals surface area contributed by atoms with Gasteiger partial charge in [-0.15, -0.1) is 0 Å². The van der Waals surface area contributed by atoms with Crippen molar-refractivity contribution in [3.8, 4) is 5.75 Å². The molecule has 1 aliphatic heterocycles. The van der Waals surface area contributed by atoms with E-state index in [1.54, 1.807) is 31.4 Å². The number of benzene rings is 1. The maximum absolute atomic E-state index is 12.1. The Labute approximate surface area is 139 Å². The van der Waals surface area contributed by atoms with Crippen molar-refractivity contribution in [2.75, 3.05) is 20.3 Å². The largest absolute Gasteiger partial charge is 0.497 e. The normalized spacial score (nSPS) is 19.7. The predicted molar refractivity (Wildman–Crippen MR) is 85.1 cm³/mol.